The number of methoxy groups -OCH3 is 1. The van der Waals surface area contributed by atoms with E-state index in [-0.39, 0.29) is 5.75 Å². The second-order valence-electron chi connectivity index (χ2n) is 7.71. The van der Waals surface area contributed by atoms with Crippen LogP contribution in [-0.2, 0) is 4.74 Å². The number of likely N-dealkylation sites (tertiary alicyclic amines) is 1. The molecule has 156 valence electrons. The number of rotatable bonds is 8. The van der Waals surface area contributed by atoms with Gasteiger partial charge in [-0.2, -0.15) is 8.78 Å². The van der Waals surface area contributed by atoms with Crippen LogP contribution in [0, 0.1) is 0 Å². The molecule has 2 aromatic rings. The van der Waals surface area contributed by atoms with Crippen molar-refractivity contribution in [2.75, 3.05) is 33.4 Å². The van der Waals surface area contributed by atoms with Crippen molar-refractivity contribution < 1.29 is 18.3 Å². The van der Waals surface area contributed by atoms with Crippen LogP contribution in [0.3, 0.4) is 0 Å². The number of nitrogens with zero attached hydrogens (tertiary/aromatic N) is 4. The number of ether oxygens (including phenoxy) is 2. The SMILES string of the molecule is COCCN1CCC(c2cc(-c3cncc(OC(F)F)c3)nc(C3CC3)n2)CC1. The Labute approximate surface area is 169 Å². The van der Waals surface area contributed by atoms with Gasteiger partial charge in [0.2, 0.25) is 0 Å². The van der Waals surface area contributed by atoms with Crippen molar-refractivity contribution in [1.29, 1.82) is 0 Å². The van der Waals surface area contributed by atoms with Gasteiger partial charge in [-0.3, -0.25) is 4.98 Å². The molecule has 2 aromatic heterocycles. The minimum atomic E-state index is -2.88. The lowest BCUT2D eigenvalue weighted by Gasteiger charge is -2.31. The third-order valence-corrected chi connectivity index (χ3v) is 5.56. The van der Waals surface area contributed by atoms with Crippen molar-refractivity contribution in [3.8, 4) is 17.0 Å². The summed E-state index contributed by atoms with van der Waals surface area (Å²) in [6, 6.07) is 3.56. The summed E-state index contributed by atoms with van der Waals surface area (Å²) < 4.78 is 34.8. The van der Waals surface area contributed by atoms with Gasteiger partial charge in [-0.25, -0.2) is 9.97 Å². The molecule has 4 rings (SSSR count). The molecule has 1 aliphatic heterocycles. The topological polar surface area (TPSA) is 60.4 Å². The Bertz CT molecular complexity index is 824. The van der Waals surface area contributed by atoms with E-state index >= 15 is 0 Å². The van der Waals surface area contributed by atoms with E-state index in [1.165, 1.54) is 6.20 Å². The molecule has 0 bridgehead atoms. The van der Waals surface area contributed by atoms with E-state index in [4.69, 9.17) is 14.7 Å². The van der Waals surface area contributed by atoms with Crippen molar-refractivity contribution in [2.45, 2.75) is 44.1 Å². The zero-order valence-corrected chi connectivity index (χ0v) is 16.6. The Hall–Kier alpha value is -2.19. The normalized spacial score (nSPS) is 18.3. The molecule has 1 saturated heterocycles. The fraction of sp³-hybridized carbons (Fsp3) is 0.571. The van der Waals surface area contributed by atoms with Crippen LogP contribution in [0.5, 0.6) is 5.75 Å². The zero-order chi connectivity index (χ0) is 20.2. The highest BCUT2D eigenvalue weighted by Gasteiger charge is 2.29. The predicted molar refractivity (Wildman–Crippen MR) is 104 cm³/mol. The summed E-state index contributed by atoms with van der Waals surface area (Å²) in [7, 11) is 1.73. The van der Waals surface area contributed by atoms with Crippen LogP contribution < -0.4 is 4.74 Å². The predicted octanol–water partition coefficient (Wildman–Crippen LogP) is 3.84. The minimum absolute atomic E-state index is 0.0390. The van der Waals surface area contributed by atoms with Crippen molar-refractivity contribution >= 4 is 0 Å². The van der Waals surface area contributed by atoms with Crippen molar-refractivity contribution in [2.24, 2.45) is 0 Å². The molecule has 6 nitrogen and oxygen atoms in total. The van der Waals surface area contributed by atoms with Crippen LogP contribution in [0.1, 0.15) is 49.0 Å². The highest BCUT2D eigenvalue weighted by atomic mass is 19.3. The molecule has 2 fully saturated rings. The van der Waals surface area contributed by atoms with E-state index in [2.05, 4.69) is 14.6 Å². The number of halogens is 2. The first kappa shape index (κ1) is 20.1. The fourth-order valence-electron chi connectivity index (χ4n) is 3.77. The molecular weight excluding hydrogens is 378 g/mol. The van der Waals surface area contributed by atoms with E-state index in [1.807, 2.05) is 6.07 Å². The lowest BCUT2D eigenvalue weighted by molar-refractivity contribution is -0.0500. The summed E-state index contributed by atoms with van der Waals surface area (Å²) in [6.07, 6.45) is 7.20. The van der Waals surface area contributed by atoms with Crippen LogP contribution in [0.15, 0.2) is 24.5 Å². The average Bonchev–Trinajstić information content (AvgIpc) is 3.57. The molecular formula is C21H26F2N4O2. The van der Waals surface area contributed by atoms with E-state index in [0.29, 0.717) is 17.4 Å². The average molecular weight is 404 g/mol. The monoisotopic (exact) mass is 404 g/mol. The van der Waals surface area contributed by atoms with E-state index < -0.39 is 6.61 Å². The van der Waals surface area contributed by atoms with Gasteiger partial charge in [-0.15, -0.1) is 0 Å². The molecule has 1 aliphatic carbocycles. The lowest BCUT2D eigenvalue weighted by atomic mass is 9.92. The molecule has 0 radical (unpaired) electrons. The molecule has 0 unspecified atom stereocenters. The Morgan fingerprint density at radius 2 is 1.86 bits per heavy atom. The lowest BCUT2D eigenvalue weighted by Crippen LogP contribution is -2.35. The maximum Gasteiger partial charge on any atom is 0.387 e. The van der Waals surface area contributed by atoms with Crippen molar-refractivity contribution in [1.82, 2.24) is 19.9 Å². The van der Waals surface area contributed by atoms with Crippen LogP contribution in [0.4, 0.5) is 8.78 Å². The van der Waals surface area contributed by atoms with Gasteiger partial charge in [0.15, 0.2) is 0 Å². The van der Waals surface area contributed by atoms with Gasteiger partial charge < -0.3 is 14.4 Å². The molecule has 0 amide bonds. The standard InChI is InChI=1S/C21H26F2N4O2/c1-28-9-8-27-6-4-14(5-7-27)18-11-19(26-20(25-18)15-2-3-15)16-10-17(13-24-12-16)29-21(22)23/h10-15,21H,2-9H2,1H3. The minimum Gasteiger partial charge on any atom is -0.433 e. The summed E-state index contributed by atoms with van der Waals surface area (Å²) in [6.45, 7) is 0.863. The molecule has 29 heavy (non-hydrogen) atoms. The maximum atomic E-state index is 12.6. The Morgan fingerprint density at radius 3 is 2.55 bits per heavy atom. The first-order chi connectivity index (χ1) is 14.1. The maximum absolute atomic E-state index is 12.6. The second-order valence-corrected chi connectivity index (χ2v) is 7.71. The Morgan fingerprint density at radius 1 is 1.07 bits per heavy atom. The number of hydrogen-bond donors (Lipinski definition) is 0. The number of piperidine rings is 1. The van der Waals surface area contributed by atoms with Crippen LogP contribution in [-0.4, -0.2) is 59.8 Å². The van der Waals surface area contributed by atoms with Gasteiger partial charge in [0.05, 0.1) is 18.5 Å². The Kier molecular flexibility index (Phi) is 6.30. The van der Waals surface area contributed by atoms with E-state index in [0.717, 1.165) is 69.1 Å². The van der Waals surface area contributed by atoms with Crippen LogP contribution in [0.2, 0.25) is 0 Å². The summed E-state index contributed by atoms with van der Waals surface area (Å²) in [4.78, 5) is 16.1. The third-order valence-electron chi connectivity index (χ3n) is 5.56. The van der Waals surface area contributed by atoms with Crippen molar-refractivity contribution in [3.63, 3.8) is 0 Å². The van der Waals surface area contributed by atoms with Gasteiger partial charge in [-0.05, 0) is 50.9 Å². The van der Waals surface area contributed by atoms with E-state index in [9.17, 15) is 8.78 Å². The molecule has 8 heteroatoms. The number of pyridine rings is 1. The van der Waals surface area contributed by atoms with Crippen LogP contribution >= 0.6 is 0 Å². The highest BCUT2D eigenvalue weighted by molar-refractivity contribution is 5.60. The number of alkyl halides is 2. The molecule has 0 aromatic carbocycles. The smallest absolute Gasteiger partial charge is 0.387 e. The summed E-state index contributed by atoms with van der Waals surface area (Å²) in [5, 5.41) is 0. The summed E-state index contributed by atoms with van der Waals surface area (Å²) in [5.41, 5.74) is 2.45. The third kappa shape index (κ3) is 5.25. The van der Waals surface area contributed by atoms with Gasteiger partial charge in [-0.1, -0.05) is 0 Å². The highest BCUT2D eigenvalue weighted by Crippen LogP contribution is 2.40. The van der Waals surface area contributed by atoms with Crippen LogP contribution in [0.25, 0.3) is 11.3 Å². The zero-order valence-electron chi connectivity index (χ0n) is 16.6. The molecule has 2 aliphatic rings. The molecule has 0 N–H and O–H groups in total. The first-order valence-electron chi connectivity index (χ1n) is 10.1. The molecule has 1 saturated carbocycles. The number of hydrogen-bond acceptors (Lipinski definition) is 6. The largest absolute Gasteiger partial charge is 0.433 e. The van der Waals surface area contributed by atoms with Gasteiger partial charge >= 0.3 is 6.61 Å². The Balaban J connectivity index is 1.56. The molecule has 0 spiro atoms. The van der Waals surface area contributed by atoms with Gasteiger partial charge in [0.25, 0.3) is 0 Å². The van der Waals surface area contributed by atoms with Gasteiger partial charge in [0.1, 0.15) is 11.6 Å². The quantitative estimate of drug-likeness (QED) is 0.666. The van der Waals surface area contributed by atoms with Gasteiger partial charge in [0, 0.05) is 42.9 Å². The molecule has 3 heterocycles. The van der Waals surface area contributed by atoms with E-state index in [1.54, 1.807) is 19.4 Å². The molecule has 0 atom stereocenters. The number of aromatic nitrogens is 3. The second kappa shape index (κ2) is 9.09. The fourth-order valence-corrected chi connectivity index (χ4v) is 3.77. The summed E-state index contributed by atoms with van der Waals surface area (Å²) in [5.74, 6) is 1.68. The van der Waals surface area contributed by atoms with Crippen molar-refractivity contribution in [3.05, 3.63) is 36.0 Å². The summed E-state index contributed by atoms with van der Waals surface area (Å²) >= 11 is 0. The first-order valence-corrected chi connectivity index (χ1v) is 10.1.